The highest BCUT2D eigenvalue weighted by molar-refractivity contribution is 9.10. The second-order valence-corrected chi connectivity index (χ2v) is 5.29. The van der Waals surface area contributed by atoms with Gasteiger partial charge in [0.05, 0.1) is 10.7 Å². The van der Waals surface area contributed by atoms with Crippen LogP contribution in [0.1, 0.15) is 18.5 Å². The first-order valence-corrected chi connectivity index (χ1v) is 6.63. The molecule has 1 amide bonds. The SMILES string of the molecule is Cc1cc(N)ccc1NC(=O)C(C)n1cc(Br)cn1. The minimum atomic E-state index is -0.386. The number of nitrogens with zero attached hydrogens (tertiary/aromatic N) is 2. The van der Waals surface area contributed by atoms with E-state index in [1.165, 1.54) is 0 Å². The normalized spacial score (nSPS) is 12.2. The third kappa shape index (κ3) is 3.14. The average molecular weight is 323 g/mol. The van der Waals surface area contributed by atoms with Crippen LogP contribution in [0.4, 0.5) is 11.4 Å². The number of carbonyl (C=O) groups excluding carboxylic acids is 1. The van der Waals surface area contributed by atoms with Crippen molar-refractivity contribution in [2.45, 2.75) is 19.9 Å². The number of hydrogen-bond donors (Lipinski definition) is 2. The lowest BCUT2D eigenvalue weighted by Crippen LogP contribution is -2.24. The zero-order valence-electron chi connectivity index (χ0n) is 10.7. The van der Waals surface area contributed by atoms with E-state index < -0.39 is 0 Å². The molecule has 0 saturated heterocycles. The molecule has 0 saturated carbocycles. The van der Waals surface area contributed by atoms with Crippen LogP contribution in [0.3, 0.4) is 0 Å². The largest absolute Gasteiger partial charge is 0.399 e. The van der Waals surface area contributed by atoms with Crippen molar-refractivity contribution in [3.8, 4) is 0 Å². The summed E-state index contributed by atoms with van der Waals surface area (Å²) in [6.45, 7) is 3.70. The molecule has 5 nitrogen and oxygen atoms in total. The highest BCUT2D eigenvalue weighted by Gasteiger charge is 2.16. The third-order valence-electron chi connectivity index (χ3n) is 2.85. The van der Waals surface area contributed by atoms with Crippen molar-refractivity contribution in [1.29, 1.82) is 0 Å². The topological polar surface area (TPSA) is 72.9 Å². The molecule has 100 valence electrons. The van der Waals surface area contributed by atoms with Gasteiger partial charge in [-0.15, -0.1) is 0 Å². The van der Waals surface area contributed by atoms with Gasteiger partial charge in [-0.05, 0) is 53.5 Å². The Labute approximate surface area is 119 Å². The van der Waals surface area contributed by atoms with Gasteiger partial charge in [-0.3, -0.25) is 9.48 Å². The fraction of sp³-hybridized carbons (Fsp3) is 0.231. The number of rotatable bonds is 3. The number of nitrogens with one attached hydrogen (secondary N) is 1. The number of nitrogen functional groups attached to an aromatic ring is 1. The maximum Gasteiger partial charge on any atom is 0.248 e. The Morgan fingerprint density at radius 3 is 2.84 bits per heavy atom. The highest BCUT2D eigenvalue weighted by Crippen LogP contribution is 2.19. The molecule has 1 heterocycles. The van der Waals surface area contributed by atoms with Gasteiger partial charge in [0.25, 0.3) is 0 Å². The maximum absolute atomic E-state index is 12.1. The molecule has 2 aromatic rings. The van der Waals surface area contributed by atoms with Gasteiger partial charge in [-0.25, -0.2) is 0 Å². The lowest BCUT2D eigenvalue weighted by Gasteiger charge is -2.14. The standard InChI is InChI=1S/C13H15BrN4O/c1-8-5-11(15)3-4-12(8)17-13(19)9(2)18-7-10(14)6-16-18/h3-7,9H,15H2,1-2H3,(H,17,19). The fourth-order valence-corrected chi connectivity index (χ4v) is 2.01. The summed E-state index contributed by atoms with van der Waals surface area (Å²) >= 11 is 3.31. The molecule has 1 aromatic carbocycles. The smallest absolute Gasteiger partial charge is 0.248 e. The predicted molar refractivity (Wildman–Crippen MR) is 78.9 cm³/mol. The Kier molecular flexibility index (Phi) is 3.90. The number of hydrogen-bond acceptors (Lipinski definition) is 3. The molecule has 0 aliphatic heterocycles. The summed E-state index contributed by atoms with van der Waals surface area (Å²) in [6.07, 6.45) is 3.42. The van der Waals surface area contributed by atoms with Crippen LogP contribution in [0, 0.1) is 6.92 Å². The van der Waals surface area contributed by atoms with Crippen molar-refractivity contribution in [2.75, 3.05) is 11.1 Å². The number of aryl methyl sites for hydroxylation is 1. The van der Waals surface area contributed by atoms with Gasteiger partial charge in [0.2, 0.25) is 5.91 Å². The summed E-state index contributed by atoms with van der Waals surface area (Å²) in [5.74, 6) is -0.122. The zero-order chi connectivity index (χ0) is 14.0. The number of carbonyl (C=O) groups is 1. The van der Waals surface area contributed by atoms with Crippen LogP contribution in [0.5, 0.6) is 0 Å². The molecule has 0 aliphatic carbocycles. The maximum atomic E-state index is 12.1. The van der Waals surface area contributed by atoms with E-state index in [0.29, 0.717) is 5.69 Å². The molecule has 0 spiro atoms. The van der Waals surface area contributed by atoms with E-state index in [9.17, 15) is 4.79 Å². The summed E-state index contributed by atoms with van der Waals surface area (Å²) < 4.78 is 2.45. The molecule has 2 rings (SSSR count). The minimum Gasteiger partial charge on any atom is -0.399 e. The van der Waals surface area contributed by atoms with E-state index in [1.807, 2.05) is 13.0 Å². The summed E-state index contributed by atoms with van der Waals surface area (Å²) in [5, 5.41) is 6.98. The van der Waals surface area contributed by atoms with Crippen molar-refractivity contribution >= 4 is 33.2 Å². The predicted octanol–water partition coefficient (Wildman–Crippen LogP) is 2.74. The summed E-state index contributed by atoms with van der Waals surface area (Å²) in [5.41, 5.74) is 8.05. The van der Waals surface area contributed by atoms with Crippen LogP contribution in [-0.4, -0.2) is 15.7 Å². The van der Waals surface area contributed by atoms with E-state index in [-0.39, 0.29) is 11.9 Å². The summed E-state index contributed by atoms with van der Waals surface area (Å²) in [7, 11) is 0. The van der Waals surface area contributed by atoms with Crippen LogP contribution in [-0.2, 0) is 4.79 Å². The monoisotopic (exact) mass is 322 g/mol. The molecule has 0 aliphatic rings. The van der Waals surface area contributed by atoms with Gasteiger partial charge in [0.1, 0.15) is 6.04 Å². The molecule has 0 fully saturated rings. The first-order chi connectivity index (χ1) is 8.97. The zero-order valence-corrected chi connectivity index (χ0v) is 12.3. The molecule has 0 bridgehead atoms. The third-order valence-corrected chi connectivity index (χ3v) is 3.26. The van der Waals surface area contributed by atoms with Crippen LogP contribution >= 0.6 is 15.9 Å². The fourth-order valence-electron chi connectivity index (χ4n) is 1.71. The molecule has 1 unspecified atom stereocenters. The van der Waals surface area contributed by atoms with Crippen molar-refractivity contribution < 1.29 is 4.79 Å². The minimum absolute atomic E-state index is 0.122. The van der Waals surface area contributed by atoms with Crippen LogP contribution in [0.15, 0.2) is 35.1 Å². The molecule has 3 N–H and O–H groups in total. The molecule has 6 heteroatoms. The highest BCUT2D eigenvalue weighted by atomic mass is 79.9. The van der Waals surface area contributed by atoms with E-state index in [4.69, 9.17) is 5.73 Å². The average Bonchev–Trinajstić information content (AvgIpc) is 2.78. The quantitative estimate of drug-likeness (QED) is 0.853. The van der Waals surface area contributed by atoms with E-state index in [2.05, 4.69) is 26.3 Å². The first kappa shape index (κ1) is 13.6. The molecule has 0 radical (unpaired) electrons. The Balaban J connectivity index is 2.12. The number of benzene rings is 1. The van der Waals surface area contributed by atoms with Crippen LogP contribution in [0.2, 0.25) is 0 Å². The van der Waals surface area contributed by atoms with Crippen molar-refractivity contribution in [3.63, 3.8) is 0 Å². The van der Waals surface area contributed by atoms with E-state index in [0.717, 1.165) is 15.7 Å². The first-order valence-electron chi connectivity index (χ1n) is 5.84. The lowest BCUT2D eigenvalue weighted by atomic mass is 10.1. The number of anilines is 2. The van der Waals surface area contributed by atoms with E-state index >= 15 is 0 Å². The number of halogens is 1. The lowest BCUT2D eigenvalue weighted by molar-refractivity contribution is -0.119. The number of amides is 1. The number of aromatic nitrogens is 2. The van der Waals surface area contributed by atoms with Gasteiger partial charge < -0.3 is 11.1 Å². The van der Waals surface area contributed by atoms with Crippen LogP contribution in [0.25, 0.3) is 0 Å². The Morgan fingerprint density at radius 2 is 2.26 bits per heavy atom. The Morgan fingerprint density at radius 1 is 1.53 bits per heavy atom. The Bertz CT molecular complexity index is 608. The Hall–Kier alpha value is -1.82. The van der Waals surface area contributed by atoms with Gasteiger partial charge in [-0.1, -0.05) is 0 Å². The summed E-state index contributed by atoms with van der Waals surface area (Å²) in [6, 6.07) is 5.00. The van der Waals surface area contributed by atoms with Crippen molar-refractivity contribution in [1.82, 2.24) is 9.78 Å². The number of nitrogens with two attached hydrogens (primary N) is 1. The molecule has 1 atom stereocenters. The molecular formula is C13H15BrN4O. The van der Waals surface area contributed by atoms with Gasteiger partial charge in [-0.2, -0.15) is 5.10 Å². The van der Waals surface area contributed by atoms with Gasteiger partial charge >= 0.3 is 0 Å². The second kappa shape index (κ2) is 5.44. The van der Waals surface area contributed by atoms with Crippen molar-refractivity contribution in [2.24, 2.45) is 0 Å². The van der Waals surface area contributed by atoms with E-state index in [1.54, 1.807) is 36.1 Å². The second-order valence-electron chi connectivity index (χ2n) is 4.38. The van der Waals surface area contributed by atoms with Gasteiger partial charge in [0.15, 0.2) is 0 Å². The van der Waals surface area contributed by atoms with Crippen LogP contribution < -0.4 is 11.1 Å². The molecule has 19 heavy (non-hydrogen) atoms. The summed E-state index contributed by atoms with van der Waals surface area (Å²) in [4.78, 5) is 12.1. The molecule has 1 aromatic heterocycles. The van der Waals surface area contributed by atoms with Crippen molar-refractivity contribution in [3.05, 3.63) is 40.6 Å². The van der Waals surface area contributed by atoms with Gasteiger partial charge in [0, 0.05) is 17.6 Å². The molecular weight excluding hydrogens is 308 g/mol.